The Hall–Kier alpha value is -3.15. The van der Waals surface area contributed by atoms with E-state index in [9.17, 15) is 4.79 Å². The third kappa shape index (κ3) is 4.76. The monoisotopic (exact) mass is 379 g/mol. The van der Waals surface area contributed by atoms with Gasteiger partial charge in [-0.1, -0.05) is 61.5 Å². The van der Waals surface area contributed by atoms with E-state index in [1.54, 1.807) is 6.92 Å². The normalized spacial score (nSPS) is 12.0. The van der Waals surface area contributed by atoms with Gasteiger partial charge >= 0.3 is 0 Å². The van der Waals surface area contributed by atoms with E-state index >= 15 is 0 Å². The predicted octanol–water partition coefficient (Wildman–Crippen LogP) is 4.25. The number of rotatable bonds is 7. The molecule has 3 rings (SSSR count). The van der Waals surface area contributed by atoms with Gasteiger partial charge in [0.2, 0.25) is 11.7 Å². The topological polar surface area (TPSA) is 77.2 Å². The fraction of sp³-hybridized carbons (Fsp3) is 0.318. The van der Waals surface area contributed by atoms with Crippen molar-refractivity contribution in [3.8, 4) is 17.1 Å². The number of carbonyl (C=O) groups excluding carboxylic acids is 1. The van der Waals surface area contributed by atoms with Crippen molar-refractivity contribution in [2.45, 2.75) is 46.3 Å². The zero-order valence-electron chi connectivity index (χ0n) is 16.6. The number of aromatic nitrogens is 2. The number of ether oxygens (including phenoxy) is 1. The lowest BCUT2D eigenvalue weighted by Crippen LogP contribution is -2.36. The van der Waals surface area contributed by atoms with Gasteiger partial charge in [-0.3, -0.25) is 4.79 Å². The highest BCUT2D eigenvalue weighted by atomic mass is 16.5. The summed E-state index contributed by atoms with van der Waals surface area (Å²) < 4.78 is 11.2. The van der Waals surface area contributed by atoms with Gasteiger partial charge in [0.25, 0.3) is 5.91 Å². The van der Waals surface area contributed by atoms with E-state index in [-0.39, 0.29) is 12.5 Å². The Morgan fingerprint density at radius 1 is 1.14 bits per heavy atom. The number of benzene rings is 2. The molecule has 0 bridgehead atoms. The zero-order chi connectivity index (χ0) is 20.1. The molecule has 0 aliphatic heterocycles. The van der Waals surface area contributed by atoms with Crippen molar-refractivity contribution in [3.63, 3.8) is 0 Å². The summed E-state index contributed by atoms with van der Waals surface area (Å²) in [4.78, 5) is 16.7. The van der Waals surface area contributed by atoms with Crippen molar-refractivity contribution in [2.24, 2.45) is 0 Å². The molecule has 1 amide bonds. The zero-order valence-corrected chi connectivity index (χ0v) is 16.6. The fourth-order valence-corrected chi connectivity index (χ4v) is 2.80. The molecule has 0 aliphatic rings. The van der Waals surface area contributed by atoms with Gasteiger partial charge < -0.3 is 14.6 Å². The summed E-state index contributed by atoms with van der Waals surface area (Å²) >= 11 is 0. The number of hydrogen-bond acceptors (Lipinski definition) is 5. The SMILES string of the molecule is Cc1ccc(C(C)C)c(OC(C)C(=O)NCc2nc(-c3ccccc3)no2)c1. The molecule has 0 fully saturated rings. The van der Waals surface area contributed by atoms with Gasteiger partial charge in [0.05, 0.1) is 6.54 Å². The van der Waals surface area contributed by atoms with Crippen molar-refractivity contribution in [1.29, 1.82) is 0 Å². The summed E-state index contributed by atoms with van der Waals surface area (Å²) in [5.74, 6) is 1.64. The number of nitrogens with zero attached hydrogens (tertiary/aromatic N) is 2. The Morgan fingerprint density at radius 2 is 1.89 bits per heavy atom. The van der Waals surface area contributed by atoms with Crippen LogP contribution in [0.15, 0.2) is 53.1 Å². The third-order valence-electron chi connectivity index (χ3n) is 4.38. The maximum absolute atomic E-state index is 12.4. The van der Waals surface area contributed by atoms with Gasteiger partial charge in [0.1, 0.15) is 5.75 Å². The number of amides is 1. The maximum atomic E-state index is 12.4. The molecule has 6 nitrogen and oxygen atoms in total. The third-order valence-corrected chi connectivity index (χ3v) is 4.38. The molecule has 1 heterocycles. The Kier molecular flexibility index (Phi) is 6.09. The summed E-state index contributed by atoms with van der Waals surface area (Å²) in [7, 11) is 0. The van der Waals surface area contributed by atoms with Crippen molar-refractivity contribution in [2.75, 3.05) is 0 Å². The van der Waals surface area contributed by atoms with Crippen LogP contribution >= 0.6 is 0 Å². The molecule has 3 aromatic rings. The molecule has 146 valence electrons. The lowest BCUT2D eigenvalue weighted by atomic mass is 10.0. The van der Waals surface area contributed by atoms with Gasteiger partial charge in [0, 0.05) is 5.56 Å². The summed E-state index contributed by atoms with van der Waals surface area (Å²) in [6.07, 6.45) is -0.643. The first-order valence-electron chi connectivity index (χ1n) is 9.37. The second kappa shape index (κ2) is 8.69. The Bertz CT molecular complexity index is 935. The van der Waals surface area contributed by atoms with Crippen LogP contribution < -0.4 is 10.1 Å². The first-order chi connectivity index (χ1) is 13.4. The van der Waals surface area contributed by atoms with E-state index < -0.39 is 6.10 Å². The lowest BCUT2D eigenvalue weighted by Gasteiger charge is -2.19. The number of carbonyl (C=O) groups is 1. The molecule has 1 N–H and O–H groups in total. The van der Waals surface area contributed by atoms with E-state index in [1.807, 2.05) is 55.5 Å². The van der Waals surface area contributed by atoms with E-state index in [2.05, 4.69) is 29.3 Å². The van der Waals surface area contributed by atoms with E-state index in [4.69, 9.17) is 9.26 Å². The van der Waals surface area contributed by atoms with Crippen LogP contribution in [0.1, 0.15) is 43.7 Å². The van der Waals surface area contributed by atoms with Crippen LogP contribution in [-0.2, 0) is 11.3 Å². The predicted molar refractivity (Wildman–Crippen MR) is 107 cm³/mol. The van der Waals surface area contributed by atoms with E-state index in [1.165, 1.54) is 0 Å². The van der Waals surface area contributed by atoms with Gasteiger partial charge in [-0.15, -0.1) is 0 Å². The quantitative estimate of drug-likeness (QED) is 0.664. The number of nitrogens with one attached hydrogen (secondary N) is 1. The molecule has 28 heavy (non-hydrogen) atoms. The second-order valence-electron chi connectivity index (χ2n) is 7.05. The van der Waals surface area contributed by atoms with Crippen molar-refractivity contribution in [1.82, 2.24) is 15.5 Å². The van der Waals surface area contributed by atoms with Crippen LogP contribution in [0, 0.1) is 6.92 Å². The van der Waals surface area contributed by atoms with Crippen LogP contribution in [0.5, 0.6) is 5.75 Å². The van der Waals surface area contributed by atoms with Crippen molar-refractivity contribution < 1.29 is 14.1 Å². The first kappa shape index (κ1) is 19.6. The highest BCUT2D eigenvalue weighted by Crippen LogP contribution is 2.28. The first-order valence-corrected chi connectivity index (χ1v) is 9.37. The molecule has 1 atom stereocenters. The molecule has 0 saturated heterocycles. The largest absolute Gasteiger partial charge is 0.481 e. The van der Waals surface area contributed by atoms with Crippen molar-refractivity contribution in [3.05, 3.63) is 65.5 Å². The number of hydrogen-bond donors (Lipinski definition) is 1. The standard InChI is InChI=1S/C22H25N3O3/c1-14(2)18-11-10-15(3)12-19(18)27-16(4)22(26)23-13-20-24-21(25-28-20)17-8-6-5-7-9-17/h5-12,14,16H,13H2,1-4H3,(H,23,26). The molecule has 0 radical (unpaired) electrons. The second-order valence-corrected chi connectivity index (χ2v) is 7.05. The van der Waals surface area contributed by atoms with Gasteiger partial charge in [-0.25, -0.2) is 0 Å². The molecule has 0 spiro atoms. The molecule has 2 aromatic carbocycles. The van der Waals surface area contributed by atoms with Crippen LogP contribution in [0.25, 0.3) is 11.4 Å². The maximum Gasteiger partial charge on any atom is 0.261 e. The summed E-state index contributed by atoms with van der Waals surface area (Å²) in [5, 5.41) is 6.74. The lowest BCUT2D eigenvalue weighted by molar-refractivity contribution is -0.127. The number of aryl methyl sites for hydroxylation is 1. The molecule has 0 aliphatic carbocycles. The smallest absolute Gasteiger partial charge is 0.261 e. The van der Waals surface area contributed by atoms with Crippen LogP contribution in [0.4, 0.5) is 0 Å². The summed E-state index contributed by atoms with van der Waals surface area (Å²) in [6, 6.07) is 15.6. The average molecular weight is 379 g/mol. The molecule has 1 aromatic heterocycles. The molecule has 1 unspecified atom stereocenters. The van der Waals surface area contributed by atoms with Gasteiger partial charge in [-0.2, -0.15) is 4.98 Å². The molecular formula is C22H25N3O3. The van der Waals surface area contributed by atoms with E-state index in [0.717, 1.165) is 22.4 Å². The van der Waals surface area contributed by atoms with Crippen molar-refractivity contribution >= 4 is 5.91 Å². The van der Waals surface area contributed by atoms with Gasteiger partial charge in [0.15, 0.2) is 6.10 Å². The minimum Gasteiger partial charge on any atom is -0.481 e. The minimum atomic E-state index is -0.643. The Morgan fingerprint density at radius 3 is 2.61 bits per heavy atom. The molecule has 6 heteroatoms. The Labute approximate surface area is 164 Å². The van der Waals surface area contributed by atoms with Crippen LogP contribution in [0.3, 0.4) is 0 Å². The summed E-state index contributed by atoms with van der Waals surface area (Å²) in [5.41, 5.74) is 3.03. The highest BCUT2D eigenvalue weighted by Gasteiger charge is 2.18. The van der Waals surface area contributed by atoms with Crippen LogP contribution in [0.2, 0.25) is 0 Å². The van der Waals surface area contributed by atoms with Crippen LogP contribution in [-0.4, -0.2) is 22.2 Å². The minimum absolute atomic E-state index is 0.150. The summed E-state index contributed by atoms with van der Waals surface area (Å²) in [6.45, 7) is 8.08. The average Bonchev–Trinajstić information content (AvgIpc) is 3.15. The van der Waals surface area contributed by atoms with E-state index in [0.29, 0.717) is 17.6 Å². The molecular weight excluding hydrogens is 354 g/mol. The Balaban J connectivity index is 1.60. The highest BCUT2D eigenvalue weighted by molar-refractivity contribution is 5.80. The van der Waals surface area contributed by atoms with Gasteiger partial charge in [-0.05, 0) is 37.0 Å². The fourth-order valence-electron chi connectivity index (χ4n) is 2.80. The molecule has 0 saturated carbocycles.